The summed E-state index contributed by atoms with van der Waals surface area (Å²) in [5.74, 6) is 0.353. The number of fused-ring (bicyclic) bond motifs is 2. The molecule has 30 heavy (non-hydrogen) atoms. The number of primary amides is 1. The molecule has 0 bridgehead atoms. The molecule has 4 rings (SSSR count). The summed E-state index contributed by atoms with van der Waals surface area (Å²) in [6, 6.07) is 9.21. The fraction of sp³-hybridized carbons (Fsp3) is 0.435. The van der Waals surface area contributed by atoms with Crippen molar-refractivity contribution in [2.75, 3.05) is 5.32 Å². The van der Waals surface area contributed by atoms with Gasteiger partial charge in [-0.3, -0.25) is 5.14 Å². The lowest BCUT2D eigenvalue weighted by Crippen LogP contribution is -2.21. The monoisotopic (exact) mass is 429 g/mol. The van der Waals surface area contributed by atoms with Crippen LogP contribution in [-0.4, -0.2) is 15.3 Å². The van der Waals surface area contributed by atoms with E-state index in [4.69, 9.17) is 10.9 Å². The van der Waals surface area contributed by atoms with Crippen LogP contribution in [0.3, 0.4) is 0 Å². The fourth-order valence-electron chi connectivity index (χ4n) is 4.26. The number of anilines is 1. The first-order valence-electron chi connectivity index (χ1n) is 10.3. The molecule has 2 aliphatic carbocycles. The van der Waals surface area contributed by atoms with Gasteiger partial charge in [0, 0.05) is 5.69 Å². The summed E-state index contributed by atoms with van der Waals surface area (Å²) in [4.78, 5) is 11.1. The normalized spacial score (nSPS) is 15.6. The highest BCUT2D eigenvalue weighted by Gasteiger charge is 2.24. The van der Waals surface area contributed by atoms with E-state index in [2.05, 4.69) is 11.4 Å². The minimum atomic E-state index is -1.31. The molecule has 6 N–H and O–H groups in total. The van der Waals surface area contributed by atoms with Crippen molar-refractivity contribution in [1.82, 2.24) is 0 Å². The topological polar surface area (TPSA) is 118 Å². The van der Waals surface area contributed by atoms with E-state index in [1.54, 1.807) is 13.8 Å². The standard InChI is InChI=1S/C13H16N2O.C10H15NO2S/c14-13(16)15-12-10-5-1-3-8(10)7-9-4-2-6-11(9)12;1-10(2,12)9-5-3-8(4-6-9)7-14(11)13/h7H,1-6H2,(H3,14,15,16);3-6,12H,7,11H2,1-2H3. The van der Waals surface area contributed by atoms with Gasteiger partial charge in [-0.15, -0.1) is 0 Å². The van der Waals surface area contributed by atoms with Crippen LogP contribution in [0.15, 0.2) is 30.3 Å². The van der Waals surface area contributed by atoms with Crippen LogP contribution >= 0.6 is 0 Å². The number of aryl methyl sites for hydroxylation is 2. The first kappa shape index (κ1) is 22.5. The van der Waals surface area contributed by atoms with Crippen molar-refractivity contribution in [3.05, 3.63) is 63.7 Å². The van der Waals surface area contributed by atoms with Gasteiger partial charge in [0.1, 0.15) is 0 Å². The lowest BCUT2D eigenvalue weighted by atomic mass is 9.98. The van der Waals surface area contributed by atoms with E-state index >= 15 is 0 Å². The minimum absolute atomic E-state index is 0.353. The van der Waals surface area contributed by atoms with Gasteiger partial charge in [0.05, 0.1) is 22.3 Å². The van der Waals surface area contributed by atoms with Gasteiger partial charge in [-0.25, -0.2) is 9.00 Å². The van der Waals surface area contributed by atoms with E-state index in [1.165, 1.54) is 35.1 Å². The molecule has 0 saturated heterocycles. The summed E-state index contributed by atoms with van der Waals surface area (Å²) in [7, 11) is -1.31. The predicted octanol–water partition coefficient (Wildman–Crippen LogP) is 3.19. The van der Waals surface area contributed by atoms with Crippen LogP contribution in [0.25, 0.3) is 0 Å². The molecule has 1 atom stereocenters. The number of hydrogen-bond acceptors (Lipinski definition) is 3. The van der Waals surface area contributed by atoms with Crippen molar-refractivity contribution < 1.29 is 14.1 Å². The van der Waals surface area contributed by atoms with Gasteiger partial charge in [0.15, 0.2) is 0 Å². The van der Waals surface area contributed by atoms with Gasteiger partial charge >= 0.3 is 6.03 Å². The van der Waals surface area contributed by atoms with Gasteiger partial charge in [-0.1, -0.05) is 30.3 Å². The van der Waals surface area contributed by atoms with Crippen LogP contribution in [0, 0.1) is 0 Å². The van der Waals surface area contributed by atoms with Crippen molar-refractivity contribution in [2.24, 2.45) is 10.9 Å². The molecule has 6 nitrogen and oxygen atoms in total. The number of amides is 2. The highest BCUT2D eigenvalue weighted by Crippen LogP contribution is 2.38. The minimum Gasteiger partial charge on any atom is -0.386 e. The lowest BCUT2D eigenvalue weighted by molar-refractivity contribution is 0.0786. The number of aliphatic hydroxyl groups is 1. The highest BCUT2D eigenvalue weighted by molar-refractivity contribution is 7.81. The molecule has 0 heterocycles. The maximum Gasteiger partial charge on any atom is 0.316 e. The van der Waals surface area contributed by atoms with Crippen LogP contribution in [0.4, 0.5) is 10.5 Å². The number of nitrogens with one attached hydrogen (secondary N) is 1. The highest BCUT2D eigenvalue weighted by atomic mass is 32.2. The Morgan fingerprint density at radius 3 is 2.03 bits per heavy atom. The number of hydrogen-bond donors (Lipinski definition) is 4. The second-order valence-electron chi connectivity index (χ2n) is 8.50. The molecule has 0 fully saturated rings. The van der Waals surface area contributed by atoms with Crippen molar-refractivity contribution in [2.45, 2.75) is 63.7 Å². The average Bonchev–Trinajstić information content (AvgIpc) is 3.30. The van der Waals surface area contributed by atoms with Crippen molar-refractivity contribution in [3.63, 3.8) is 0 Å². The summed E-state index contributed by atoms with van der Waals surface area (Å²) >= 11 is 0. The second-order valence-corrected chi connectivity index (χ2v) is 9.55. The Morgan fingerprint density at radius 2 is 1.60 bits per heavy atom. The summed E-state index contributed by atoms with van der Waals surface area (Å²) in [5, 5.41) is 17.7. The fourth-order valence-corrected chi connectivity index (χ4v) is 4.78. The second kappa shape index (κ2) is 9.29. The molecule has 162 valence electrons. The maximum absolute atomic E-state index is 11.1. The smallest absolute Gasteiger partial charge is 0.316 e. The van der Waals surface area contributed by atoms with Gasteiger partial charge in [-0.05, 0) is 85.8 Å². The number of carbonyl (C=O) groups excluding carboxylic acids is 1. The molecule has 1 unspecified atom stereocenters. The Hall–Kier alpha value is -2.22. The zero-order valence-electron chi connectivity index (χ0n) is 17.7. The molecular formula is C23H31N3O3S. The SMILES string of the molecule is CC(C)(O)c1ccc(CS(N)=O)cc1.NC(=O)Nc1c2c(cc3c1CCC3)CCC2. The third kappa shape index (κ3) is 5.47. The quantitative estimate of drug-likeness (QED) is 0.597. The van der Waals surface area contributed by atoms with Gasteiger partial charge in [0.25, 0.3) is 0 Å². The first-order valence-corrected chi connectivity index (χ1v) is 11.7. The van der Waals surface area contributed by atoms with E-state index in [1.807, 2.05) is 24.3 Å². The Bertz CT molecular complexity index is 917. The van der Waals surface area contributed by atoms with Crippen LogP contribution in [0.2, 0.25) is 0 Å². The molecule has 0 saturated carbocycles. The first-order chi connectivity index (χ1) is 14.1. The average molecular weight is 430 g/mol. The Labute approximate surface area is 180 Å². The Balaban J connectivity index is 0.000000173. The zero-order valence-corrected chi connectivity index (χ0v) is 18.5. The van der Waals surface area contributed by atoms with Crippen LogP contribution in [-0.2, 0) is 48.0 Å². The number of benzene rings is 2. The molecule has 0 aromatic heterocycles. The molecule has 2 aliphatic rings. The van der Waals surface area contributed by atoms with Gasteiger partial charge < -0.3 is 16.2 Å². The molecule has 0 radical (unpaired) electrons. The molecule has 0 spiro atoms. The number of urea groups is 1. The van der Waals surface area contributed by atoms with E-state index in [0.29, 0.717) is 5.75 Å². The third-order valence-electron chi connectivity index (χ3n) is 5.69. The number of rotatable bonds is 4. The molecular weight excluding hydrogens is 398 g/mol. The Kier molecular flexibility index (Phi) is 6.95. The van der Waals surface area contributed by atoms with Crippen molar-refractivity contribution >= 4 is 22.7 Å². The Morgan fingerprint density at radius 1 is 1.07 bits per heavy atom. The lowest BCUT2D eigenvalue weighted by Gasteiger charge is -2.17. The number of nitrogens with two attached hydrogens (primary N) is 2. The summed E-state index contributed by atoms with van der Waals surface area (Å²) in [5.41, 5.74) is 12.7. The third-order valence-corrected chi connectivity index (χ3v) is 6.31. The zero-order chi connectivity index (χ0) is 21.9. The van der Waals surface area contributed by atoms with Crippen LogP contribution < -0.4 is 16.2 Å². The molecule has 2 aromatic rings. The van der Waals surface area contributed by atoms with E-state index in [-0.39, 0.29) is 0 Å². The van der Waals surface area contributed by atoms with Crippen molar-refractivity contribution in [1.29, 1.82) is 0 Å². The van der Waals surface area contributed by atoms with E-state index in [0.717, 1.165) is 42.5 Å². The van der Waals surface area contributed by atoms with Gasteiger partial charge in [0.2, 0.25) is 0 Å². The largest absolute Gasteiger partial charge is 0.386 e. The van der Waals surface area contributed by atoms with Crippen LogP contribution in [0.5, 0.6) is 0 Å². The van der Waals surface area contributed by atoms with E-state index in [9.17, 15) is 14.1 Å². The molecule has 0 aliphatic heterocycles. The molecule has 2 aromatic carbocycles. The predicted molar refractivity (Wildman–Crippen MR) is 121 cm³/mol. The molecule has 2 amide bonds. The summed E-state index contributed by atoms with van der Waals surface area (Å²) in [6.45, 7) is 3.45. The van der Waals surface area contributed by atoms with E-state index < -0.39 is 22.6 Å². The van der Waals surface area contributed by atoms with Crippen molar-refractivity contribution in [3.8, 4) is 0 Å². The molecule has 7 heteroatoms. The maximum atomic E-state index is 11.1. The van der Waals surface area contributed by atoms with Gasteiger partial charge in [-0.2, -0.15) is 0 Å². The summed E-state index contributed by atoms with van der Waals surface area (Å²) < 4.78 is 10.7. The number of carbonyl (C=O) groups is 1. The van der Waals surface area contributed by atoms with Crippen LogP contribution in [0.1, 0.15) is 60.1 Å². The summed E-state index contributed by atoms with van der Waals surface area (Å²) in [6.07, 6.45) is 6.86.